The van der Waals surface area contributed by atoms with Crippen LogP contribution in [0.4, 0.5) is 5.82 Å². The highest BCUT2D eigenvalue weighted by Gasteiger charge is 2.09. The second-order valence-electron chi connectivity index (χ2n) is 5.11. The lowest BCUT2D eigenvalue weighted by Gasteiger charge is -2.08. The van der Waals surface area contributed by atoms with Crippen LogP contribution in [-0.4, -0.2) is 22.0 Å². The second kappa shape index (κ2) is 6.17. The molecule has 0 amide bonds. The van der Waals surface area contributed by atoms with E-state index in [1.807, 2.05) is 18.2 Å². The molecule has 1 aromatic heterocycles. The fraction of sp³-hybridized carbons (Fsp3) is 0. The zero-order valence-corrected chi connectivity index (χ0v) is 13.2. The van der Waals surface area contributed by atoms with Gasteiger partial charge in [0.15, 0.2) is 11.8 Å². The molecule has 5 N–H and O–H groups in total. The summed E-state index contributed by atoms with van der Waals surface area (Å²) in [6.45, 7) is 0. The van der Waals surface area contributed by atoms with Gasteiger partial charge in [-0.2, -0.15) is 4.99 Å². The van der Waals surface area contributed by atoms with Gasteiger partial charge < -0.3 is 16.6 Å². The number of rotatable bonds is 3. The summed E-state index contributed by atoms with van der Waals surface area (Å²) in [6, 6.07) is 12.2. The van der Waals surface area contributed by atoms with E-state index in [9.17, 15) is 4.79 Å². The first-order valence-electron chi connectivity index (χ1n) is 6.97. The minimum atomic E-state index is -0.967. The van der Waals surface area contributed by atoms with E-state index < -0.39 is 5.97 Å². The van der Waals surface area contributed by atoms with Crippen LogP contribution in [0.3, 0.4) is 0 Å². The minimum Gasteiger partial charge on any atom is -0.478 e. The van der Waals surface area contributed by atoms with E-state index in [2.05, 4.69) is 9.98 Å². The monoisotopic (exact) mass is 340 g/mol. The minimum absolute atomic E-state index is 0.0951. The van der Waals surface area contributed by atoms with Crippen molar-refractivity contribution in [3.63, 3.8) is 0 Å². The van der Waals surface area contributed by atoms with Crippen LogP contribution in [-0.2, 0) is 0 Å². The van der Waals surface area contributed by atoms with Gasteiger partial charge in [-0.3, -0.25) is 0 Å². The summed E-state index contributed by atoms with van der Waals surface area (Å²) < 4.78 is 0. The van der Waals surface area contributed by atoms with Crippen LogP contribution < -0.4 is 11.5 Å². The maximum atomic E-state index is 10.9. The van der Waals surface area contributed by atoms with E-state index in [1.54, 1.807) is 24.3 Å². The number of hydrogen-bond acceptors (Lipinski definition) is 3. The first-order chi connectivity index (χ1) is 11.5. The quantitative estimate of drug-likeness (QED) is 0.500. The molecule has 1 heterocycles. The Hall–Kier alpha value is -3.12. The van der Waals surface area contributed by atoms with E-state index in [0.29, 0.717) is 16.2 Å². The number of carboxylic acids is 1. The number of aliphatic imine (C=N–C) groups is 1. The van der Waals surface area contributed by atoms with Crippen LogP contribution in [0.5, 0.6) is 0 Å². The van der Waals surface area contributed by atoms with Crippen LogP contribution in [0.15, 0.2) is 53.7 Å². The molecule has 24 heavy (non-hydrogen) atoms. The number of guanidine groups is 1. The molecule has 0 unspecified atom stereocenters. The molecule has 120 valence electrons. The van der Waals surface area contributed by atoms with Crippen LogP contribution in [0, 0.1) is 0 Å². The van der Waals surface area contributed by atoms with Crippen molar-refractivity contribution in [3.8, 4) is 11.1 Å². The number of hydrogen-bond donors (Lipinski definition) is 3. The van der Waals surface area contributed by atoms with Crippen LogP contribution in [0.25, 0.3) is 21.9 Å². The Bertz CT molecular complexity index is 964. The number of carboxylic acid groups (broad SMARTS) is 1. The largest absolute Gasteiger partial charge is 0.478 e. The highest BCUT2D eigenvalue weighted by molar-refractivity contribution is 6.35. The molecule has 2 aromatic carbocycles. The highest BCUT2D eigenvalue weighted by Crippen LogP contribution is 2.33. The zero-order valence-electron chi connectivity index (χ0n) is 12.4. The van der Waals surface area contributed by atoms with E-state index in [-0.39, 0.29) is 11.5 Å². The van der Waals surface area contributed by atoms with E-state index in [1.165, 1.54) is 6.20 Å². The SMILES string of the molecule is NC(N)=Nc1ncc(Cl)c2ccc(-c3ccc(C(=O)O)cc3)cc12. The Balaban J connectivity index is 2.16. The summed E-state index contributed by atoms with van der Waals surface area (Å²) in [5, 5.41) is 10.9. The highest BCUT2D eigenvalue weighted by atomic mass is 35.5. The molecule has 0 saturated carbocycles. The fourth-order valence-corrected chi connectivity index (χ4v) is 2.60. The Kier molecular flexibility index (Phi) is 4.05. The van der Waals surface area contributed by atoms with Gasteiger partial charge in [0, 0.05) is 17.0 Å². The van der Waals surface area contributed by atoms with Crippen molar-refractivity contribution in [1.82, 2.24) is 4.98 Å². The third-order valence-electron chi connectivity index (χ3n) is 3.52. The first kappa shape index (κ1) is 15.8. The standard InChI is InChI=1S/C17H13ClN4O2/c18-14-8-21-15(22-17(19)20)13-7-11(5-6-12(13)14)9-1-3-10(4-2-9)16(23)24/h1-8H,(H,23,24)(H4,19,20,21,22). The number of carbonyl (C=O) groups is 1. The fourth-order valence-electron chi connectivity index (χ4n) is 2.39. The first-order valence-corrected chi connectivity index (χ1v) is 7.35. The van der Waals surface area contributed by atoms with Gasteiger partial charge in [0.2, 0.25) is 0 Å². The summed E-state index contributed by atoms with van der Waals surface area (Å²) in [6.07, 6.45) is 1.49. The van der Waals surface area contributed by atoms with Crippen molar-refractivity contribution >= 4 is 40.1 Å². The molecular formula is C17H13ClN4O2. The zero-order chi connectivity index (χ0) is 17.3. The molecule has 6 nitrogen and oxygen atoms in total. The average Bonchev–Trinajstić information content (AvgIpc) is 2.57. The number of fused-ring (bicyclic) bond motifs is 1. The average molecular weight is 341 g/mol. The normalized spacial score (nSPS) is 10.5. The summed E-state index contributed by atoms with van der Waals surface area (Å²) in [5.41, 5.74) is 12.9. The van der Waals surface area contributed by atoms with E-state index >= 15 is 0 Å². The van der Waals surface area contributed by atoms with Crippen molar-refractivity contribution in [1.29, 1.82) is 0 Å². The van der Waals surface area contributed by atoms with Gasteiger partial charge in [-0.05, 0) is 29.3 Å². The molecule has 3 rings (SSSR count). The van der Waals surface area contributed by atoms with Gasteiger partial charge >= 0.3 is 5.97 Å². The maximum absolute atomic E-state index is 10.9. The van der Waals surface area contributed by atoms with Gasteiger partial charge in [0.25, 0.3) is 0 Å². The lowest BCUT2D eigenvalue weighted by molar-refractivity contribution is 0.0697. The van der Waals surface area contributed by atoms with Gasteiger partial charge in [0.05, 0.1) is 10.6 Å². The van der Waals surface area contributed by atoms with Crippen molar-refractivity contribution in [3.05, 3.63) is 59.2 Å². The lowest BCUT2D eigenvalue weighted by atomic mass is 10.0. The second-order valence-corrected chi connectivity index (χ2v) is 5.52. The molecule has 7 heteroatoms. The van der Waals surface area contributed by atoms with E-state index in [4.69, 9.17) is 28.2 Å². The van der Waals surface area contributed by atoms with Gasteiger partial charge in [0.1, 0.15) is 0 Å². The van der Waals surface area contributed by atoms with Gasteiger partial charge in [-0.1, -0.05) is 35.9 Å². The number of benzene rings is 2. The predicted molar refractivity (Wildman–Crippen MR) is 94.6 cm³/mol. The topological polar surface area (TPSA) is 115 Å². The Morgan fingerprint density at radius 2 is 1.71 bits per heavy atom. The van der Waals surface area contributed by atoms with Crippen LogP contribution >= 0.6 is 11.6 Å². The van der Waals surface area contributed by atoms with Crippen molar-refractivity contribution in [2.24, 2.45) is 16.5 Å². The molecule has 0 atom stereocenters. The molecule has 0 fully saturated rings. The number of nitrogens with two attached hydrogens (primary N) is 2. The lowest BCUT2D eigenvalue weighted by Crippen LogP contribution is -2.22. The van der Waals surface area contributed by atoms with Gasteiger partial charge in [-0.25, -0.2) is 9.78 Å². The smallest absolute Gasteiger partial charge is 0.335 e. The number of aromatic nitrogens is 1. The third kappa shape index (κ3) is 3.00. The van der Waals surface area contributed by atoms with Crippen LogP contribution in [0.1, 0.15) is 10.4 Å². The molecule has 0 bridgehead atoms. The summed E-state index contributed by atoms with van der Waals surface area (Å²) in [4.78, 5) is 19.1. The molecular weight excluding hydrogens is 328 g/mol. The van der Waals surface area contributed by atoms with Crippen molar-refractivity contribution in [2.75, 3.05) is 0 Å². The molecule has 3 aromatic rings. The number of nitrogens with zero attached hydrogens (tertiary/aromatic N) is 2. The molecule has 0 radical (unpaired) electrons. The Labute approximate surface area is 142 Å². The molecule has 0 aliphatic heterocycles. The summed E-state index contributed by atoms with van der Waals surface area (Å²) >= 11 is 6.18. The van der Waals surface area contributed by atoms with Crippen LogP contribution in [0.2, 0.25) is 5.02 Å². The van der Waals surface area contributed by atoms with Gasteiger partial charge in [-0.15, -0.1) is 0 Å². The molecule has 0 aliphatic rings. The molecule has 0 saturated heterocycles. The maximum Gasteiger partial charge on any atom is 0.335 e. The van der Waals surface area contributed by atoms with E-state index in [0.717, 1.165) is 16.5 Å². The molecule has 0 aliphatic carbocycles. The number of pyridine rings is 1. The van der Waals surface area contributed by atoms with Crippen molar-refractivity contribution in [2.45, 2.75) is 0 Å². The summed E-state index contributed by atoms with van der Waals surface area (Å²) in [5.74, 6) is -0.688. The number of aromatic carboxylic acids is 1. The Morgan fingerprint density at radius 3 is 2.33 bits per heavy atom. The third-order valence-corrected chi connectivity index (χ3v) is 3.82. The number of halogens is 1. The predicted octanol–water partition coefficient (Wildman–Crippen LogP) is 3.16. The molecule has 0 spiro atoms. The van der Waals surface area contributed by atoms with Crippen molar-refractivity contribution < 1.29 is 9.90 Å². The summed E-state index contributed by atoms with van der Waals surface area (Å²) in [7, 11) is 0. The Morgan fingerprint density at radius 1 is 1.04 bits per heavy atom.